The molecule has 0 N–H and O–H groups in total. The van der Waals surface area contributed by atoms with Gasteiger partial charge in [-0.25, -0.2) is 9.67 Å². The Balaban J connectivity index is 1.71. The molecule has 1 aliphatic carbocycles. The van der Waals surface area contributed by atoms with Gasteiger partial charge < -0.3 is 4.57 Å². The Morgan fingerprint density at radius 3 is 2.55 bits per heavy atom. The van der Waals surface area contributed by atoms with E-state index >= 15 is 0 Å². The summed E-state index contributed by atoms with van der Waals surface area (Å²) in [7, 11) is 1.92. The van der Waals surface area contributed by atoms with Crippen LogP contribution in [0.5, 0.6) is 0 Å². The lowest BCUT2D eigenvalue weighted by atomic mass is 9.78. The van der Waals surface area contributed by atoms with Gasteiger partial charge in [0, 0.05) is 18.5 Å². The zero-order valence-corrected chi connectivity index (χ0v) is 21.2. The summed E-state index contributed by atoms with van der Waals surface area (Å²) in [6.45, 7) is 6.71. The summed E-state index contributed by atoms with van der Waals surface area (Å²) >= 11 is 3.40. The first-order valence-electron chi connectivity index (χ1n) is 11.6. The van der Waals surface area contributed by atoms with Crippen LogP contribution in [-0.2, 0) is 7.05 Å². The predicted molar refractivity (Wildman–Crippen MR) is 138 cm³/mol. The van der Waals surface area contributed by atoms with Crippen LogP contribution in [0.1, 0.15) is 44.8 Å². The summed E-state index contributed by atoms with van der Waals surface area (Å²) in [4.78, 5) is 20.7. The number of benzene rings is 1. The van der Waals surface area contributed by atoms with Crippen molar-refractivity contribution < 1.29 is 0 Å². The number of aromatic nitrogens is 3. The fourth-order valence-electron chi connectivity index (χ4n) is 5.02. The van der Waals surface area contributed by atoms with E-state index in [1.54, 1.807) is 27.4 Å². The van der Waals surface area contributed by atoms with Gasteiger partial charge in [-0.2, -0.15) is 0 Å². The maximum atomic E-state index is 13.5. The predicted octanol–water partition coefficient (Wildman–Crippen LogP) is 6.31. The van der Waals surface area contributed by atoms with E-state index in [1.165, 1.54) is 23.4 Å². The maximum Gasteiger partial charge on any atom is 0.297 e. The molecular formula is C26H30N4OS2. The van der Waals surface area contributed by atoms with Crippen LogP contribution in [0.3, 0.4) is 0 Å². The van der Waals surface area contributed by atoms with E-state index in [0.29, 0.717) is 23.6 Å². The van der Waals surface area contributed by atoms with Crippen molar-refractivity contribution in [2.75, 3.05) is 0 Å². The van der Waals surface area contributed by atoms with Crippen molar-refractivity contribution in [1.29, 1.82) is 0 Å². The van der Waals surface area contributed by atoms with E-state index in [9.17, 15) is 4.79 Å². The maximum absolute atomic E-state index is 13.5. The summed E-state index contributed by atoms with van der Waals surface area (Å²) in [5, 5.41) is 4.34. The van der Waals surface area contributed by atoms with Crippen LogP contribution in [0.4, 0.5) is 5.69 Å². The molecule has 3 aromatic heterocycles. The normalized spacial score (nSPS) is 21.6. The van der Waals surface area contributed by atoms with Gasteiger partial charge in [0.15, 0.2) is 10.5 Å². The zero-order valence-electron chi connectivity index (χ0n) is 19.6. The highest BCUT2D eigenvalue weighted by Gasteiger charge is 2.31. The second-order valence-electron chi connectivity index (χ2n) is 9.11. The van der Waals surface area contributed by atoms with Gasteiger partial charge in [-0.3, -0.25) is 9.48 Å². The Hall–Kier alpha value is -2.64. The molecule has 0 spiro atoms. The van der Waals surface area contributed by atoms with Crippen molar-refractivity contribution in [3.05, 3.63) is 74.1 Å². The van der Waals surface area contributed by atoms with Crippen LogP contribution in [0, 0.1) is 18.8 Å². The molecule has 3 heterocycles. The first kappa shape index (κ1) is 22.2. The first-order chi connectivity index (χ1) is 16.0. The number of rotatable bonds is 4. The van der Waals surface area contributed by atoms with Crippen molar-refractivity contribution in [3.8, 4) is 16.3 Å². The molecule has 3 unspecified atom stereocenters. The highest BCUT2D eigenvalue weighted by Crippen LogP contribution is 2.40. The molecule has 0 bridgehead atoms. The minimum Gasteiger partial charge on any atom is -0.312 e. The Kier molecular flexibility index (Phi) is 6.01. The quantitative estimate of drug-likeness (QED) is 0.339. The summed E-state index contributed by atoms with van der Waals surface area (Å²) in [6, 6.07) is 14.4. The van der Waals surface area contributed by atoms with Gasteiger partial charge in [0.2, 0.25) is 0 Å². The molecule has 3 atom stereocenters. The molecule has 33 heavy (non-hydrogen) atoms. The Morgan fingerprint density at radius 1 is 1.03 bits per heavy atom. The van der Waals surface area contributed by atoms with Crippen molar-refractivity contribution in [2.24, 2.45) is 23.9 Å². The van der Waals surface area contributed by atoms with E-state index in [-0.39, 0.29) is 5.56 Å². The van der Waals surface area contributed by atoms with Gasteiger partial charge in [0.25, 0.3) is 5.56 Å². The number of hydrogen-bond donors (Lipinski definition) is 0. The van der Waals surface area contributed by atoms with E-state index in [1.807, 2.05) is 49.0 Å². The fraction of sp³-hybridized carbons (Fsp3) is 0.385. The molecule has 7 heteroatoms. The number of thiazole rings is 1. The number of thiophene rings is 1. The molecule has 1 aromatic carbocycles. The highest BCUT2D eigenvalue weighted by molar-refractivity contribution is 7.14. The largest absolute Gasteiger partial charge is 0.312 e. The summed E-state index contributed by atoms with van der Waals surface area (Å²) in [6.07, 6.45) is 3.66. The average Bonchev–Trinajstić information content (AvgIpc) is 3.53. The third kappa shape index (κ3) is 3.87. The number of nitrogens with zero attached hydrogens (tertiary/aromatic N) is 4. The van der Waals surface area contributed by atoms with Crippen LogP contribution < -0.4 is 10.4 Å². The third-order valence-electron chi connectivity index (χ3n) is 7.24. The minimum absolute atomic E-state index is 0.0797. The molecule has 0 saturated heterocycles. The summed E-state index contributed by atoms with van der Waals surface area (Å²) in [5.41, 5.74) is 3.38. The molecule has 1 fully saturated rings. The molecular weight excluding hydrogens is 448 g/mol. The van der Waals surface area contributed by atoms with Crippen molar-refractivity contribution in [1.82, 2.24) is 13.9 Å². The summed E-state index contributed by atoms with van der Waals surface area (Å²) in [5.74, 6) is 1.23. The minimum atomic E-state index is -0.0797. The van der Waals surface area contributed by atoms with Gasteiger partial charge >= 0.3 is 0 Å². The van der Waals surface area contributed by atoms with Gasteiger partial charge in [0.1, 0.15) is 0 Å². The monoisotopic (exact) mass is 478 g/mol. The van der Waals surface area contributed by atoms with Crippen molar-refractivity contribution in [2.45, 2.75) is 46.1 Å². The highest BCUT2D eigenvalue weighted by atomic mass is 32.1. The van der Waals surface area contributed by atoms with E-state index in [2.05, 4.69) is 41.3 Å². The van der Waals surface area contributed by atoms with Gasteiger partial charge in [0.05, 0.1) is 22.0 Å². The summed E-state index contributed by atoms with van der Waals surface area (Å²) < 4.78 is 6.03. The lowest BCUT2D eigenvalue weighted by Crippen LogP contribution is -2.32. The smallest absolute Gasteiger partial charge is 0.297 e. The van der Waals surface area contributed by atoms with E-state index < -0.39 is 0 Å². The lowest BCUT2D eigenvalue weighted by Gasteiger charge is -2.35. The number of para-hydroxylation sites is 1. The van der Waals surface area contributed by atoms with Crippen LogP contribution >= 0.6 is 22.7 Å². The molecule has 5 rings (SSSR count). The topological polar surface area (TPSA) is 44.2 Å². The molecule has 0 radical (unpaired) electrons. The van der Waals surface area contributed by atoms with Gasteiger partial charge in [-0.05, 0) is 48.8 Å². The standard InChI is InChI=1S/C26H30N4OS2/c1-17-10-8-13-21(18(17)2)29-22(23-14-9-15-32-23)16-33-26(29)27-24-19(3)28(4)30(25(24)31)20-11-6-5-7-12-20/h5-7,9,11-12,14-18,21H,8,10,13H2,1-4H3. The van der Waals surface area contributed by atoms with E-state index in [4.69, 9.17) is 4.99 Å². The van der Waals surface area contributed by atoms with Crippen LogP contribution in [0.2, 0.25) is 0 Å². The van der Waals surface area contributed by atoms with Crippen LogP contribution in [0.15, 0.2) is 63.0 Å². The first-order valence-corrected chi connectivity index (χ1v) is 13.4. The van der Waals surface area contributed by atoms with Crippen molar-refractivity contribution >= 4 is 28.4 Å². The van der Waals surface area contributed by atoms with Crippen molar-refractivity contribution in [3.63, 3.8) is 0 Å². The Bertz CT molecular complexity index is 1370. The molecule has 0 amide bonds. The van der Waals surface area contributed by atoms with Crippen LogP contribution in [-0.4, -0.2) is 13.9 Å². The zero-order chi connectivity index (χ0) is 23.1. The second kappa shape index (κ2) is 8.95. The Morgan fingerprint density at radius 2 is 1.82 bits per heavy atom. The third-order valence-corrected chi connectivity index (χ3v) is 8.97. The second-order valence-corrected chi connectivity index (χ2v) is 10.9. The molecule has 1 aliphatic rings. The molecule has 0 aliphatic heterocycles. The van der Waals surface area contributed by atoms with E-state index in [0.717, 1.165) is 22.6 Å². The lowest BCUT2D eigenvalue weighted by molar-refractivity contribution is 0.185. The Labute approximate surface area is 202 Å². The van der Waals surface area contributed by atoms with Gasteiger partial charge in [-0.15, -0.1) is 22.7 Å². The fourth-order valence-corrected chi connectivity index (χ4v) is 6.79. The molecule has 5 nitrogen and oxygen atoms in total. The van der Waals surface area contributed by atoms with Crippen LogP contribution in [0.25, 0.3) is 16.3 Å². The van der Waals surface area contributed by atoms with Gasteiger partial charge in [-0.1, -0.05) is 51.0 Å². The molecule has 172 valence electrons. The average molecular weight is 479 g/mol. The number of hydrogen-bond acceptors (Lipinski definition) is 4. The SMILES string of the molecule is Cc1c(N=c2scc(-c3cccs3)n2C2CCCC(C)C2C)c(=O)n(-c2ccccc2)n1C. The molecule has 4 aromatic rings. The molecule has 1 saturated carbocycles.